The van der Waals surface area contributed by atoms with Gasteiger partial charge in [0.05, 0.1) is 20.3 Å². The second kappa shape index (κ2) is 9.07. The average Bonchev–Trinajstić information content (AvgIpc) is 2.77. The summed E-state index contributed by atoms with van der Waals surface area (Å²) in [5.41, 5.74) is 3.28. The maximum Gasteiger partial charge on any atom is 0.225 e. The Morgan fingerprint density at radius 2 is 1.69 bits per heavy atom. The Balaban J connectivity index is 1.67. The molecule has 2 atom stereocenters. The largest absolute Gasteiger partial charge is 0.493 e. The zero-order chi connectivity index (χ0) is 22.8. The number of carbonyl (C=O) groups excluding carboxylic acids is 2. The molecule has 4 rings (SSSR count). The first-order chi connectivity index (χ1) is 15.4. The summed E-state index contributed by atoms with van der Waals surface area (Å²) in [5, 5.41) is 2.97. The van der Waals surface area contributed by atoms with Gasteiger partial charge in [0.1, 0.15) is 5.75 Å². The molecule has 32 heavy (non-hydrogen) atoms. The van der Waals surface area contributed by atoms with E-state index in [-0.39, 0.29) is 36.1 Å². The van der Waals surface area contributed by atoms with Crippen LogP contribution in [0.1, 0.15) is 56.1 Å². The minimum absolute atomic E-state index is 0.0144. The molecule has 1 aliphatic heterocycles. The molecule has 0 bridgehead atoms. The van der Waals surface area contributed by atoms with E-state index in [1.54, 1.807) is 14.2 Å². The number of amides is 1. The Labute approximate surface area is 188 Å². The van der Waals surface area contributed by atoms with E-state index < -0.39 is 0 Å². The third-order valence-corrected chi connectivity index (χ3v) is 6.07. The summed E-state index contributed by atoms with van der Waals surface area (Å²) in [4.78, 5) is 26.0. The molecule has 2 aromatic rings. The second-order valence-corrected chi connectivity index (χ2v) is 8.54. The Kier molecular flexibility index (Phi) is 6.21. The Hall–Kier alpha value is -3.28. The standard InChI is InChI=1S/C26H29NO5/c1-15(2)32-18-10-8-16(9-11-18)17-12-21-25(22(28)13-17)20(14-24(29)27-21)19-6-5-7-23(30-3)26(19)31-4/h5-11,15,17,20H,12-14H2,1-4H3,(H,27,29)/t17-,20-/m0/s1. The molecule has 6 nitrogen and oxygen atoms in total. The van der Waals surface area contributed by atoms with Crippen LogP contribution in [0.3, 0.4) is 0 Å². The lowest BCUT2D eigenvalue weighted by Gasteiger charge is -2.35. The fraction of sp³-hybridized carbons (Fsp3) is 0.385. The van der Waals surface area contributed by atoms with Gasteiger partial charge in [-0.3, -0.25) is 9.59 Å². The third kappa shape index (κ3) is 4.22. The van der Waals surface area contributed by atoms with Crippen LogP contribution >= 0.6 is 0 Å². The highest BCUT2D eigenvalue weighted by Crippen LogP contribution is 2.46. The van der Waals surface area contributed by atoms with Gasteiger partial charge in [0, 0.05) is 35.6 Å². The van der Waals surface area contributed by atoms with Crippen molar-refractivity contribution in [1.29, 1.82) is 0 Å². The van der Waals surface area contributed by atoms with E-state index in [9.17, 15) is 9.59 Å². The molecule has 0 spiro atoms. The number of ketones is 1. The van der Waals surface area contributed by atoms with Gasteiger partial charge in [-0.1, -0.05) is 24.3 Å². The normalized spacial score (nSPS) is 20.7. The first kappa shape index (κ1) is 21.9. The lowest BCUT2D eigenvalue weighted by molar-refractivity contribution is -0.122. The van der Waals surface area contributed by atoms with Gasteiger partial charge in [0.25, 0.3) is 0 Å². The molecule has 1 N–H and O–H groups in total. The highest BCUT2D eigenvalue weighted by Gasteiger charge is 2.39. The number of para-hydroxylation sites is 1. The molecule has 0 saturated carbocycles. The van der Waals surface area contributed by atoms with Gasteiger partial charge >= 0.3 is 0 Å². The summed E-state index contributed by atoms with van der Waals surface area (Å²) in [6, 6.07) is 13.5. The van der Waals surface area contributed by atoms with E-state index in [1.165, 1.54) is 0 Å². The zero-order valence-corrected chi connectivity index (χ0v) is 18.9. The number of carbonyl (C=O) groups is 2. The lowest BCUT2D eigenvalue weighted by atomic mass is 9.73. The van der Waals surface area contributed by atoms with E-state index in [4.69, 9.17) is 14.2 Å². The van der Waals surface area contributed by atoms with Gasteiger partial charge < -0.3 is 19.5 Å². The molecule has 1 heterocycles. The van der Waals surface area contributed by atoms with Crippen molar-refractivity contribution >= 4 is 11.7 Å². The molecule has 168 valence electrons. The van der Waals surface area contributed by atoms with Gasteiger partial charge in [0.2, 0.25) is 5.91 Å². The summed E-state index contributed by atoms with van der Waals surface area (Å²) in [5.74, 6) is 1.60. The number of rotatable bonds is 6. The molecule has 0 saturated heterocycles. The maximum atomic E-state index is 13.4. The summed E-state index contributed by atoms with van der Waals surface area (Å²) in [6.45, 7) is 3.97. The van der Waals surface area contributed by atoms with Crippen molar-refractivity contribution in [2.24, 2.45) is 0 Å². The quantitative estimate of drug-likeness (QED) is 0.723. The number of Topliss-reactive ketones (excluding diaryl/α,β-unsaturated/α-hetero) is 1. The van der Waals surface area contributed by atoms with Crippen LogP contribution in [0.2, 0.25) is 0 Å². The van der Waals surface area contributed by atoms with Gasteiger partial charge in [0.15, 0.2) is 17.3 Å². The van der Waals surface area contributed by atoms with E-state index >= 15 is 0 Å². The van der Waals surface area contributed by atoms with Crippen molar-refractivity contribution in [3.05, 3.63) is 64.9 Å². The van der Waals surface area contributed by atoms with Crippen LogP contribution in [0.5, 0.6) is 17.2 Å². The number of benzene rings is 2. The Bertz CT molecular complexity index is 1050. The molecule has 0 aromatic heterocycles. The number of hydrogen-bond donors (Lipinski definition) is 1. The van der Waals surface area contributed by atoms with Gasteiger partial charge in [-0.15, -0.1) is 0 Å². The molecule has 0 fully saturated rings. The summed E-state index contributed by atoms with van der Waals surface area (Å²) < 4.78 is 16.8. The highest BCUT2D eigenvalue weighted by atomic mass is 16.5. The predicted octanol–water partition coefficient (Wildman–Crippen LogP) is 4.50. The van der Waals surface area contributed by atoms with Crippen LogP contribution in [-0.2, 0) is 9.59 Å². The second-order valence-electron chi connectivity index (χ2n) is 8.54. The number of nitrogens with one attached hydrogen (secondary N) is 1. The molecule has 0 radical (unpaired) electrons. The third-order valence-electron chi connectivity index (χ3n) is 6.07. The van der Waals surface area contributed by atoms with Crippen LogP contribution in [-0.4, -0.2) is 32.0 Å². The van der Waals surface area contributed by atoms with Crippen LogP contribution in [0.15, 0.2) is 53.7 Å². The zero-order valence-electron chi connectivity index (χ0n) is 18.9. The predicted molar refractivity (Wildman–Crippen MR) is 121 cm³/mol. The SMILES string of the molecule is COc1cccc([C@@H]2CC(=O)NC3=C2C(=O)C[C@@H](c2ccc(OC(C)C)cc2)C3)c1OC. The van der Waals surface area contributed by atoms with Gasteiger partial charge in [-0.05, 0) is 49.9 Å². The molecule has 1 aliphatic carbocycles. The van der Waals surface area contributed by atoms with Crippen molar-refractivity contribution in [3.63, 3.8) is 0 Å². The minimum Gasteiger partial charge on any atom is -0.493 e. The average molecular weight is 436 g/mol. The smallest absolute Gasteiger partial charge is 0.225 e. The number of hydrogen-bond acceptors (Lipinski definition) is 5. The topological polar surface area (TPSA) is 73.9 Å². The molecule has 2 aliphatic rings. The first-order valence-corrected chi connectivity index (χ1v) is 10.9. The lowest BCUT2D eigenvalue weighted by Crippen LogP contribution is -2.38. The van der Waals surface area contributed by atoms with Crippen LogP contribution in [0, 0.1) is 0 Å². The van der Waals surface area contributed by atoms with Crippen molar-refractivity contribution < 1.29 is 23.8 Å². The minimum atomic E-state index is -0.348. The highest BCUT2D eigenvalue weighted by molar-refractivity contribution is 6.02. The molecular formula is C26H29NO5. The van der Waals surface area contributed by atoms with Crippen molar-refractivity contribution in [2.75, 3.05) is 14.2 Å². The first-order valence-electron chi connectivity index (χ1n) is 10.9. The molecule has 0 unspecified atom stereocenters. The number of allylic oxidation sites excluding steroid dienone is 2. The van der Waals surface area contributed by atoms with Crippen LogP contribution in [0.4, 0.5) is 0 Å². The molecular weight excluding hydrogens is 406 g/mol. The van der Waals surface area contributed by atoms with Crippen molar-refractivity contribution in [2.45, 2.75) is 51.0 Å². The number of ether oxygens (including phenoxy) is 3. The van der Waals surface area contributed by atoms with E-state index in [0.29, 0.717) is 29.9 Å². The van der Waals surface area contributed by atoms with Crippen molar-refractivity contribution in [1.82, 2.24) is 5.32 Å². The Morgan fingerprint density at radius 1 is 0.938 bits per heavy atom. The molecule has 1 amide bonds. The van der Waals surface area contributed by atoms with E-state index in [0.717, 1.165) is 22.6 Å². The van der Waals surface area contributed by atoms with Crippen LogP contribution < -0.4 is 19.5 Å². The van der Waals surface area contributed by atoms with Gasteiger partial charge in [-0.25, -0.2) is 0 Å². The molecule has 6 heteroatoms. The fourth-order valence-corrected chi connectivity index (χ4v) is 4.74. The van der Waals surface area contributed by atoms with Crippen LogP contribution in [0.25, 0.3) is 0 Å². The Morgan fingerprint density at radius 3 is 2.34 bits per heavy atom. The maximum absolute atomic E-state index is 13.4. The molecule has 2 aromatic carbocycles. The van der Waals surface area contributed by atoms with E-state index in [1.807, 2.05) is 56.3 Å². The van der Waals surface area contributed by atoms with E-state index in [2.05, 4.69) is 5.32 Å². The summed E-state index contributed by atoms with van der Waals surface area (Å²) >= 11 is 0. The van der Waals surface area contributed by atoms with Crippen molar-refractivity contribution in [3.8, 4) is 17.2 Å². The summed E-state index contributed by atoms with van der Waals surface area (Å²) in [7, 11) is 3.15. The fourth-order valence-electron chi connectivity index (χ4n) is 4.74. The number of methoxy groups -OCH3 is 2. The van der Waals surface area contributed by atoms with Gasteiger partial charge in [-0.2, -0.15) is 0 Å². The summed E-state index contributed by atoms with van der Waals surface area (Å²) in [6.07, 6.45) is 1.33. The monoisotopic (exact) mass is 435 g/mol.